The number of ether oxygens (including phenoxy) is 2. The standard InChI is InChI=1S/C13H21NO2/c1-9-6-7-11(12(16-5)10(9)2)13(3,14)8-15-4/h6-7H,8,14H2,1-5H3. The van der Waals surface area contributed by atoms with Gasteiger partial charge in [-0.2, -0.15) is 0 Å². The van der Waals surface area contributed by atoms with Crippen LogP contribution in [0.2, 0.25) is 0 Å². The molecule has 0 fully saturated rings. The molecular formula is C13H21NO2. The minimum Gasteiger partial charge on any atom is -0.496 e. The highest BCUT2D eigenvalue weighted by molar-refractivity contribution is 5.48. The first-order valence-electron chi connectivity index (χ1n) is 5.36. The summed E-state index contributed by atoms with van der Waals surface area (Å²) < 4.78 is 10.6. The number of hydrogen-bond acceptors (Lipinski definition) is 3. The van der Waals surface area contributed by atoms with Crippen LogP contribution in [-0.2, 0) is 10.3 Å². The van der Waals surface area contributed by atoms with Gasteiger partial charge in [-0.05, 0) is 31.9 Å². The van der Waals surface area contributed by atoms with Crippen molar-refractivity contribution in [1.29, 1.82) is 0 Å². The number of rotatable bonds is 4. The van der Waals surface area contributed by atoms with Crippen LogP contribution in [0.15, 0.2) is 12.1 Å². The molecule has 0 saturated carbocycles. The van der Waals surface area contributed by atoms with Gasteiger partial charge in [0, 0.05) is 12.7 Å². The fraction of sp³-hybridized carbons (Fsp3) is 0.538. The Morgan fingerprint density at radius 2 is 1.88 bits per heavy atom. The Labute approximate surface area is 97.6 Å². The van der Waals surface area contributed by atoms with Crippen molar-refractivity contribution < 1.29 is 9.47 Å². The Morgan fingerprint density at radius 1 is 1.25 bits per heavy atom. The van der Waals surface area contributed by atoms with Crippen molar-refractivity contribution >= 4 is 0 Å². The molecular weight excluding hydrogens is 202 g/mol. The first kappa shape index (κ1) is 13.0. The Hall–Kier alpha value is -1.06. The average molecular weight is 223 g/mol. The molecule has 0 aliphatic heterocycles. The number of benzene rings is 1. The van der Waals surface area contributed by atoms with E-state index in [2.05, 4.69) is 13.0 Å². The van der Waals surface area contributed by atoms with Crippen molar-refractivity contribution in [2.45, 2.75) is 26.3 Å². The molecule has 0 amide bonds. The highest BCUT2D eigenvalue weighted by atomic mass is 16.5. The van der Waals surface area contributed by atoms with Gasteiger partial charge in [-0.25, -0.2) is 0 Å². The van der Waals surface area contributed by atoms with Crippen LogP contribution in [0.3, 0.4) is 0 Å². The summed E-state index contributed by atoms with van der Waals surface area (Å²) in [4.78, 5) is 0. The zero-order chi connectivity index (χ0) is 12.3. The van der Waals surface area contributed by atoms with Crippen LogP contribution in [0.1, 0.15) is 23.6 Å². The molecule has 0 radical (unpaired) electrons. The molecule has 0 saturated heterocycles. The highest BCUT2D eigenvalue weighted by Gasteiger charge is 2.26. The van der Waals surface area contributed by atoms with Gasteiger partial charge in [0.1, 0.15) is 5.75 Å². The first-order valence-corrected chi connectivity index (χ1v) is 5.36. The van der Waals surface area contributed by atoms with Crippen LogP contribution in [-0.4, -0.2) is 20.8 Å². The lowest BCUT2D eigenvalue weighted by atomic mass is 9.90. The Balaban J connectivity index is 3.28. The lowest BCUT2D eigenvalue weighted by Gasteiger charge is -2.27. The summed E-state index contributed by atoms with van der Waals surface area (Å²) >= 11 is 0. The summed E-state index contributed by atoms with van der Waals surface area (Å²) in [6.45, 7) is 6.52. The smallest absolute Gasteiger partial charge is 0.127 e. The Bertz CT molecular complexity index is 372. The topological polar surface area (TPSA) is 44.5 Å². The van der Waals surface area contributed by atoms with Crippen LogP contribution >= 0.6 is 0 Å². The molecule has 90 valence electrons. The number of aryl methyl sites for hydroxylation is 1. The second-order valence-corrected chi connectivity index (χ2v) is 4.44. The Kier molecular flexibility index (Phi) is 3.94. The quantitative estimate of drug-likeness (QED) is 0.850. The lowest BCUT2D eigenvalue weighted by molar-refractivity contribution is 0.139. The van der Waals surface area contributed by atoms with E-state index < -0.39 is 5.54 Å². The molecule has 0 heterocycles. The van der Waals surface area contributed by atoms with Gasteiger partial charge < -0.3 is 15.2 Å². The number of nitrogens with two attached hydrogens (primary N) is 1. The van der Waals surface area contributed by atoms with Gasteiger partial charge in [-0.3, -0.25) is 0 Å². The summed E-state index contributed by atoms with van der Waals surface area (Å²) in [7, 11) is 3.33. The van der Waals surface area contributed by atoms with Crippen LogP contribution in [0.25, 0.3) is 0 Å². The summed E-state index contributed by atoms with van der Waals surface area (Å²) in [6.07, 6.45) is 0. The minimum atomic E-state index is -0.529. The maximum absolute atomic E-state index is 6.24. The number of hydrogen-bond donors (Lipinski definition) is 1. The van der Waals surface area contributed by atoms with Gasteiger partial charge in [0.2, 0.25) is 0 Å². The van der Waals surface area contributed by atoms with Crippen molar-refractivity contribution in [1.82, 2.24) is 0 Å². The van der Waals surface area contributed by atoms with E-state index in [1.165, 1.54) is 5.56 Å². The van der Waals surface area contributed by atoms with Crippen molar-refractivity contribution in [2.24, 2.45) is 5.73 Å². The van der Waals surface area contributed by atoms with Crippen molar-refractivity contribution in [3.05, 3.63) is 28.8 Å². The van der Waals surface area contributed by atoms with Gasteiger partial charge in [0.05, 0.1) is 19.3 Å². The van der Waals surface area contributed by atoms with E-state index in [0.717, 1.165) is 16.9 Å². The van der Waals surface area contributed by atoms with Crippen LogP contribution in [0, 0.1) is 13.8 Å². The molecule has 1 aromatic rings. The molecule has 0 aliphatic carbocycles. The van der Waals surface area contributed by atoms with E-state index in [0.29, 0.717) is 6.61 Å². The molecule has 0 bridgehead atoms. The zero-order valence-electron chi connectivity index (χ0n) is 10.8. The molecule has 0 aliphatic rings. The van der Waals surface area contributed by atoms with Gasteiger partial charge in [0.15, 0.2) is 0 Å². The van der Waals surface area contributed by atoms with E-state index in [4.69, 9.17) is 15.2 Å². The van der Waals surface area contributed by atoms with E-state index in [9.17, 15) is 0 Å². The van der Waals surface area contributed by atoms with Crippen LogP contribution in [0.5, 0.6) is 5.75 Å². The summed E-state index contributed by atoms with van der Waals surface area (Å²) in [5.74, 6) is 0.863. The molecule has 2 N–H and O–H groups in total. The van der Waals surface area contributed by atoms with Crippen molar-refractivity contribution in [3.63, 3.8) is 0 Å². The predicted molar refractivity (Wildman–Crippen MR) is 65.9 cm³/mol. The third-order valence-electron chi connectivity index (χ3n) is 2.94. The molecule has 0 spiro atoms. The molecule has 16 heavy (non-hydrogen) atoms. The largest absolute Gasteiger partial charge is 0.496 e. The van der Waals surface area contributed by atoms with Crippen molar-refractivity contribution in [3.8, 4) is 5.75 Å². The molecule has 1 unspecified atom stereocenters. The SMILES string of the molecule is COCC(C)(N)c1ccc(C)c(C)c1OC. The van der Waals surface area contributed by atoms with Crippen LogP contribution in [0.4, 0.5) is 0 Å². The van der Waals surface area contributed by atoms with Crippen LogP contribution < -0.4 is 10.5 Å². The summed E-state index contributed by atoms with van der Waals surface area (Å²) in [6, 6.07) is 4.08. The monoisotopic (exact) mass is 223 g/mol. The second-order valence-electron chi connectivity index (χ2n) is 4.44. The fourth-order valence-electron chi connectivity index (χ4n) is 1.88. The van der Waals surface area contributed by atoms with Gasteiger partial charge in [-0.1, -0.05) is 12.1 Å². The molecule has 1 aromatic carbocycles. The maximum atomic E-state index is 6.24. The van der Waals surface area contributed by atoms with Gasteiger partial charge >= 0.3 is 0 Å². The highest BCUT2D eigenvalue weighted by Crippen LogP contribution is 2.32. The third kappa shape index (κ3) is 2.36. The van der Waals surface area contributed by atoms with Crippen molar-refractivity contribution in [2.75, 3.05) is 20.8 Å². The summed E-state index contributed by atoms with van der Waals surface area (Å²) in [5, 5.41) is 0. The number of methoxy groups -OCH3 is 2. The first-order chi connectivity index (χ1) is 7.44. The minimum absolute atomic E-state index is 0.464. The molecule has 1 atom stereocenters. The molecule has 1 rings (SSSR count). The Morgan fingerprint density at radius 3 is 2.38 bits per heavy atom. The van der Waals surface area contributed by atoms with Gasteiger partial charge in [0.25, 0.3) is 0 Å². The second kappa shape index (κ2) is 4.85. The fourth-order valence-corrected chi connectivity index (χ4v) is 1.88. The summed E-state index contributed by atoms with van der Waals surface area (Å²) in [5.41, 5.74) is 9.03. The lowest BCUT2D eigenvalue weighted by Crippen LogP contribution is -2.38. The molecule has 3 nitrogen and oxygen atoms in total. The van der Waals surface area contributed by atoms with E-state index in [1.54, 1.807) is 14.2 Å². The molecule has 0 aromatic heterocycles. The van der Waals surface area contributed by atoms with E-state index >= 15 is 0 Å². The zero-order valence-corrected chi connectivity index (χ0v) is 10.8. The third-order valence-corrected chi connectivity index (χ3v) is 2.94. The normalized spacial score (nSPS) is 14.6. The molecule has 3 heteroatoms. The predicted octanol–water partition coefficient (Wildman–Crippen LogP) is 2.13. The van der Waals surface area contributed by atoms with E-state index in [1.807, 2.05) is 19.9 Å². The maximum Gasteiger partial charge on any atom is 0.127 e. The van der Waals surface area contributed by atoms with Gasteiger partial charge in [-0.15, -0.1) is 0 Å². The van der Waals surface area contributed by atoms with E-state index in [-0.39, 0.29) is 0 Å². The average Bonchev–Trinajstić information content (AvgIpc) is 2.21.